The number of hydrogen-bond donors (Lipinski definition) is 2. The van der Waals surface area contributed by atoms with Crippen molar-refractivity contribution < 1.29 is 4.79 Å². The van der Waals surface area contributed by atoms with E-state index < -0.39 is 0 Å². The number of carbonyl (C=O) groups excluding carboxylic acids is 1. The summed E-state index contributed by atoms with van der Waals surface area (Å²) < 4.78 is 1.80. The monoisotopic (exact) mass is 365 g/mol. The number of anilines is 1. The third kappa shape index (κ3) is 3.26. The molecule has 0 aliphatic carbocycles. The summed E-state index contributed by atoms with van der Waals surface area (Å²) in [5.74, 6) is 0.814. The number of nitrogens with zero attached hydrogens (tertiary/aromatic N) is 1. The van der Waals surface area contributed by atoms with Crippen molar-refractivity contribution in [3.63, 3.8) is 0 Å². The Morgan fingerprint density at radius 1 is 1.33 bits per heavy atom. The molecule has 3 rings (SSSR count). The van der Waals surface area contributed by atoms with E-state index in [1.54, 1.807) is 4.68 Å². The molecular weight excluding hydrogens is 346 g/mol. The van der Waals surface area contributed by atoms with Gasteiger partial charge in [0.05, 0.1) is 16.6 Å². The maximum atomic E-state index is 12.6. The predicted octanol–water partition coefficient (Wildman–Crippen LogP) is 3.97. The van der Waals surface area contributed by atoms with Gasteiger partial charge in [0, 0.05) is 11.1 Å². The number of amides is 1. The van der Waals surface area contributed by atoms with Crippen LogP contribution in [0.2, 0.25) is 5.02 Å². The lowest BCUT2D eigenvalue weighted by Gasteiger charge is -2.17. The van der Waals surface area contributed by atoms with Crippen molar-refractivity contribution in [2.45, 2.75) is 38.0 Å². The number of aromatic amines is 1. The summed E-state index contributed by atoms with van der Waals surface area (Å²) in [6, 6.07) is 7.54. The van der Waals surface area contributed by atoms with E-state index in [0.717, 1.165) is 18.4 Å². The molecule has 1 aliphatic rings. The Balaban J connectivity index is 2.11. The number of H-pyrrole nitrogens is 1. The van der Waals surface area contributed by atoms with Crippen LogP contribution in [0, 0.1) is 0 Å². The van der Waals surface area contributed by atoms with Gasteiger partial charge in [0.2, 0.25) is 5.91 Å². The van der Waals surface area contributed by atoms with Crippen LogP contribution in [0.15, 0.2) is 29.1 Å². The molecule has 0 radical (unpaired) electrons. The zero-order valence-electron chi connectivity index (χ0n) is 13.6. The SMILES string of the molecule is CCC[C@@H](C)n1[nH]c(=O)c2c1NC(=O)CS[C@@H]2c1ccc(Cl)cc1. The number of benzene rings is 1. The molecule has 1 amide bonds. The summed E-state index contributed by atoms with van der Waals surface area (Å²) in [6.07, 6.45) is 1.92. The molecule has 0 fully saturated rings. The zero-order valence-corrected chi connectivity index (χ0v) is 15.2. The van der Waals surface area contributed by atoms with Crippen LogP contribution >= 0.6 is 23.4 Å². The minimum absolute atomic E-state index is 0.0887. The van der Waals surface area contributed by atoms with Crippen molar-refractivity contribution in [2.24, 2.45) is 0 Å². The number of rotatable bonds is 4. The lowest BCUT2D eigenvalue weighted by molar-refractivity contribution is -0.113. The smallest absolute Gasteiger partial charge is 0.270 e. The molecule has 0 bridgehead atoms. The average Bonchev–Trinajstić information content (AvgIpc) is 2.75. The third-order valence-electron chi connectivity index (χ3n) is 4.18. The molecule has 128 valence electrons. The molecule has 1 aromatic carbocycles. The molecule has 1 aliphatic heterocycles. The van der Waals surface area contributed by atoms with Crippen molar-refractivity contribution in [2.75, 3.05) is 11.1 Å². The summed E-state index contributed by atoms with van der Waals surface area (Å²) in [5, 5.41) is 6.26. The fourth-order valence-corrected chi connectivity index (χ4v) is 4.27. The molecule has 7 heteroatoms. The van der Waals surface area contributed by atoms with Crippen LogP contribution in [-0.4, -0.2) is 21.4 Å². The van der Waals surface area contributed by atoms with Crippen LogP contribution in [0.4, 0.5) is 5.82 Å². The minimum atomic E-state index is -0.199. The van der Waals surface area contributed by atoms with Gasteiger partial charge >= 0.3 is 0 Å². The van der Waals surface area contributed by atoms with Crippen molar-refractivity contribution in [3.05, 3.63) is 50.8 Å². The van der Waals surface area contributed by atoms with Gasteiger partial charge in [-0.15, -0.1) is 11.8 Å². The molecule has 0 unspecified atom stereocenters. The van der Waals surface area contributed by atoms with Gasteiger partial charge in [-0.25, -0.2) is 0 Å². The Bertz CT molecular complexity index is 797. The molecule has 2 aromatic rings. The predicted molar refractivity (Wildman–Crippen MR) is 99.1 cm³/mol. The molecular formula is C17H20ClN3O2S. The van der Waals surface area contributed by atoms with E-state index in [0.29, 0.717) is 22.2 Å². The number of aromatic nitrogens is 2. The first-order valence-corrected chi connectivity index (χ1v) is 9.45. The third-order valence-corrected chi connectivity index (χ3v) is 5.71. The summed E-state index contributed by atoms with van der Waals surface area (Å²) >= 11 is 7.43. The molecule has 0 saturated heterocycles. The van der Waals surface area contributed by atoms with Gasteiger partial charge in [-0.2, -0.15) is 0 Å². The van der Waals surface area contributed by atoms with E-state index in [4.69, 9.17) is 11.6 Å². The minimum Gasteiger partial charge on any atom is -0.310 e. The molecule has 5 nitrogen and oxygen atoms in total. The van der Waals surface area contributed by atoms with Gasteiger partial charge < -0.3 is 5.32 Å². The van der Waals surface area contributed by atoms with Crippen LogP contribution in [0.1, 0.15) is 49.1 Å². The van der Waals surface area contributed by atoms with Gasteiger partial charge in [-0.05, 0) is 31.0 Å². The summed E-state index contributed by atoms with van der Waals surface area (Å²) in [6.45, 7) is 4.14. The summed E-state index contributed by atoms with van der Waals surface area (Å²) in [4.78, 5) is 24.8. The van der Waals surface area contributed by atoms with E-state index in [-0.39, 0.29) is 22.8 Å². The van der Waals surface area contributed by atoms with Crippen LogP contribution in [0.3, 0.4) is 0 Å². The highest BCUT2D eigenvalue weighted by Crippen LogP contribution is 2.40. The number of halogens is 1. The fraction of sp³-hybridized carbons (Fsp3) is 0.412. The highest BCUT2D eigenvalue weighted by Gasteiger charge is 2.31. The van der Waals surface area contributed by atoms with Gasteiger partial charge in [0.15, 0.2) is 0 Å². The fourth-order valence-electron chi connectivity index (χ4n) is 3.02. The quantitative estimate of drug-likeness (QED) is 0.861. The molecule has 2 atom stereocenters. The Hall–Kier alpha value is -1.66. The van der Waals surface area contributed by atoms with Gasteiger partial charge in [0.25, 0.3) is 5.56 Å². The maximum Gasteiger partial charge on any atom is 0.270 e. The lowest BCUT2D eigenvalue weighted by Crippen LogP contribution is -2.18. The van der Waals surface area contributed by atoms with E-state index >= 15 is 0 Å². The summed E-state index contributed by atoms with van der Waals surface area (Å²) in [5.41, 5.74) is 1.42. The highest BCUT2D eigenvalue weighted by molar-refractivity contribution is 8.00. The second kappa shape index (κ2) is 7.07. The molecule has 1 aromatic heterocycles. The van der Waals surface area contributed by atoms with Gasteiger partial charge in [0.1, 0.15) is 5.82 Å². The van der Waals surface area contributed by atoms with Crippen molar-refractivity contribution in [1.29, 1.82) is 0 Å². The van der Waals surface area contributed by atoms with Crippen LogP contribution in [-0.2, 0) is 4.79 Å². The second-order valence-corrected chi connectivity index (χ2v) is 7.53. The summed E-state index contributed by atoms with van der Waals surface area (Å²) in [7, 11) is 0. The van der Waals surface area contributed by atoms with E-state index in [9.17, 15) is 9.59 Å². The molecule has 2 N–H and O–H groups in total. The number of carbonyl (C=O) groups is 1. The number of thioether (sulfide) groups is 1. The number of nitrogens with one attached hydrogen (secondary N) is 2. The van der Waals surface area contributed by atoms with E-state index in [1.807, 2.05) is 31.2 Å². The van der Waals surface area contributed by atoms with Crippen LogP contribution < -0.4 is 10.9 Å². The van der Waals surface area contributed by atoms with Crippen LogP contribution in [0.5, 0.6) is 0 Å². The molecule has 0 spiro atoms. The normalized spacial score (nSPS) is 18.6. The standard InChI is InChI=1S/C17H20ClN3O2S/c1-3-4-10(2)21-16-14(17(23)20-21)15(24-9-13(22)19-16)11-5-7-12(18)8-6-11/h5-8,10,15H,3-4,9H2,1-2H3,(H,19,22)(H,20,23)/t10-,15-/m1/s1. The molecule has 0 saturated carbocycles. The first-order chi connectivity index (χ1) is 11.5. The Labute approximate surface area is 149 Å². The molecule has 24 heavy (non-hydrogen) atoms. The van der Waals surface area contributed by atoms with E-state index in [1.165, 1.54) is 11.8 Å². The van der Waals surface area contributed by atoms with Gasteiger partial charge in [-0.3, -0.25) is 19.4 Å². The van der Waals surface area contributed by atoms with E-state index in [2.05, 4.69) is 17.3 Å². The second-order valence-electron chi connectivity index (χ2n) is 6.00. The van der Waals surface area contributed by atoms with Crippen molar-refractivity contribution in [1.82, 2.24) is 9.78 Å². The zero-order chi connectivity index (χ0) is 17.3. The number of fused-ring (bicyclic) bond motifs is 1. The van der Waals surface area contributed by atoms with Crippen molar-refractivity contribution in [3.8, 4) is 0 Å². The Morgan fingerprint density at radius 2 is 2.04 bits per heavy atom. The Morgan fingerprint density at radius 3 is 2.71 bits per heavy atom. The lowest BCUT2D eigenvalue weighted by atomic mass is 10.1. The average molecular weight is 366 g/mol. The van der Waals surface area contributed by atoms with Crippen molar-refractivity contribution >= 4 is 35.1 Å². The Kier molecular flexibility index (Phi) is 5.06. The first kappa shape index (κ1) is 17.2. The maximum absolute atomic E-state index is 12.6. The van der Waals surface area contributed by atoms with Crippen LogP contribution in [0.25, 0.3) is 0 Å². The molecule has 2 heterocycles. The van der Waals surface area contributed by atoms with Gasteiger partial charge in [-0.1, -0.05) is 37.1 Å². The highest BCUT2D eigenvalue weighted by atomic mass is 35.5. The largest absolute Gasteiger partial charge is 0.310 e. The first-order valence-electron chi connectivity index (χ1n) is 8.02. The topological polar surface area (TPSA) is 66.9 Å². The number of hydrogen-bond acceptors (Lipinski definition) is 3.